The number of alkyl halides is 4. The van der Waals surface area contributed by atoms with E-state index in [9.17, 15) is 13.2 Å². The van der Waals surface area contributed by atoms with Crippen molar-refractivity contribution in [3.05, 3.63) is 29.8 Å². The summed E-state index contributed by atoms with van der Waals surface area (Å²) >= 11 is 4.88. The minimum Gasteiger partial charge on any atom is -0.166 e. The molecule has 0 fully saturated rings. The van der Waals surface area contributed by atoms with Gasteiger partial charge in [0, 0.05) is 16.0 Å². The van der Waals surface area contributed by atoms with Crippen LogP contribution in [0.5, 0.6) is 0 Å². The minimum atomic E-state index is -4.25. The van der Waals surface area contributed by atoms with Gasteiger partial charge in [0.2, 0.25) is 0 Å². The van der Waals surface area contributed by atoms with Crippen LogP contribution in [0.1, 0.15) is 18.9 Å². The van der Waals surface area contributed by atoms with Crippen LogP contribution in [0, 0.1) is 5.92 Å². The van der Waals surface area contributed by atoms with Crippen LogP contribution in [0.4, 0.5) is 13.2 Å². The predicted molar refractivity (Wildman–Crippen MR) is 69.7 cm³/mol. The molecule has 1 aromatic carbocycles. The minimum absolute atomic E-state index is 0.495. The lowest BCUT2D eigenvalue weighted by Crippen LogP contribution is -2.05. The van der Waals surface area contributed by atoms with E-state index in [4.69, 9.17) is 0 Å². The summed E-state index contributed by atoms with van der Waals surface area (Å²) in [4.78, 5) is 0.680. The molecule has 0 spiro atoms. The number of benzene rings is 1. The molecule has 17 heavy (non-hydrogen) atoms. The fourth-order valence-electron chi connectivity index (χ4n) is 1.25. The van der Waals surface area contributed by atoms with Crippen molar-refractivity contribution in [2.75, 3.05) is 11.1 Å². The maximum atomic E-state index is 12.5. The molecule has 0 nitrogen and oxygen atoms in total. The van der Waals surface area contributed by atoms with Gasteiger partial charge in [-0.3, -0.25) is 0 Å². The summed E-state index contributed by atoms with van der Waals surface area (Å²) in [6.07, 6.45) is -3.23. The fraction of sp³-hybridized carbons (Fsp3) is 0.500. The summed E-state index contributed by atoms with van der Waals surface area (Å²) in [5.74, 6) is 1.33. The van der Waals surface area contributed by atoms with E-state index in [2.05, 4.69) is 22.9 Å². The van der Waals surface area contributed by atoms with Gasteiger partial charge < -0.3 is 0 Å². The van der Waals surface area contributed by atoms with Crippen LogP contribution in [0.15, 0.2) is 29.2 Å². The third kappa shape index (κ3) is 4.92. The van der Waals surface area contributed by atoms with E-state index in [0.29, 0.717) is 10.8 Å². The Morgan fingerprint density at radius 3 is 2.59 bits per heavy atom. The van der Waals surface area contributed by atoms with Gasteiger partial charge >= 0.3 is 6.18 Å². The van der Waals surface area contributed by atoms with Gasteiger partial charge in [0.25, 0.3) is 0 Å². The van der Waals surface area contributed by atoms with E-state index < -0.39 is 11.7 Å². The molecule has 5 heteroatoms. The SMILES string of the molecule is CCC(CBr)CSc1cccc(C(F)(F)F)c1. The molecule has 1 aromatic rings. The average Bonchev–Trinajstić information content (AvgIpc) is 2.30. The number of rotatable bonds is 5. The first-order chi connectivity index (χ1) is 7.97. The smallest absolute Gasteiger partial charge is 0.166 e. The third-order valence-electron chi connectivity index (χ3n) is 2.44. The van der Waals surface area contributed by atoms with Crippen LogP contribution in [-0.4, -0.2) is 11.1 Å². The molecule has 1 rings (SSSR count). The zero-order valence-corrected chi connectivity index (χ0v) is 11.8. The highest BCUT2D eigenvalue weighted by Crippen LogP contribution is 2.32. The van der Waals surface area contributed by atoms with Gasteiger partial charge in [0.15, 0.2) is 0 Å². The number of thioether (sulfide) groups is 1. The molecular weight excluding hydrogens is 313 g/mol. The Kier molecular flexibility index (Phi) is 5.86. The Hall–Kier alpha value is -0.160. The maximum absolute atomic E-state index is 12.5. The Bertz CT molecular complexity index is 348. The van der Waals surface area contributed by atoms with Crippen molar-refractivity contribution in [2.24, 2.45) is 5.92 Å². The van der Waals surface area contributed by atoms with E-state index in [1.807, 2.05) is 0 Å². The largest absolute Gasteiger partial charge is 0.416 e. The van der Waals surface area contributed by atoms with Crippen LogP contribution in [-0.2, 0) is 6.18 Å². The molecule has 0 radical (unpaired) electrons. The molecule has 0 bridgehead atoms. The zero-order chi connectivity index (χ0) is 12.9. The summed E-state index contributed by atoms with van der Waals surface area (Å²) in [5.41, 5.74) is -0.575. The van der Waals surface area contributed by atoms with E-state index in [1.54, 1.807) is 6.07 Å². The standard InChI is InChI=1S/C12H14BrF3S/c1-2-9(7-13)8-17-11-5-3-4-10(6-11)12(14,15)16/h3-6,9H,2,7-8H2,1H3. The molecule has 0 aliphatic heterocycles. The second kappa shape index (κ2) is 6.69. The second-order valence-electron chi connectivity index (χ2n) is 3.77. The number of halogens is 4. The molecule has 0 aliphatic carbocycles. The maximum Gasteiger partial charge on any atom is 0.416 e. The first-order valence-electron chi connectivity index (χ1n) is 5.33. The van der Waals surface area contributed by atoms with Crippen LogP contribution in [0.2, 0.25) is 0 Å². The topological polar surface area (TPSA) is 0 Å². The first-order valence-corrected chi connectivity index (χ1v) is 7.44. The first kappa shape index (κ1) is 14.9. The van der Waals surface area contributed by atoms with Gasteiger partial charge in [-0.15, -0.1) is 11.8 Å². The highest BCUT2D eigenvalue weighted by molar-refractivity contribution is 9.09. The Balaban J connectivity index is 2.66. The van der Waals surface area contributed by atoms with Crippen molar-refractivity contribution in [3.8, 4) is 0 Å². The van der Waals surface area contributed by atoms with Gasteiger partial charge in [-0.05, 0) is 24.1 Å². The molecular formula is C12H14BrF3S. The molecule has 0 amide bonds. The highest BCUT2D eigenvalue weighted by atomic mass is 79.9. The molecule has 0 saturated heterocycles. The highest BCUT2D eigenvalue weighted by Gasteiger charge is 2.30. The van der Waals surface area contributed by atoms with Crippen LogP contribution < -0.4 is 0 Å². The summed E-state index contributed by atoms with van der Waals surface area (Å²) in [5, 5.41) is 0.884. The lowest BCUT2D eigenvalue weighted by molar-refractivity contribution is -0.137. The number of hydrogen-bond acceptors (Lipinski definition) is 1. The van der Waals surface area contributed by atoms with Crippen LogP contribution in [0.3, 0.4) is 0 Å². The summed E-state index contributed by atoms with van der Waals surface area (Å²) in [6, 6.07) is 5.50. The van der Waals surface area contributed by atoms with Crippen molar-refractivity contribution < 1.29 is 13.2 Å². The van der Waals surface area contributed by atoms with Crippen LogP contribution in [0.25, 0.3) is 0 Å². The molecule has 0 aliphatic rings. The molecule has 1 unspecified atom stereocenters. The molecule has 96 valence electrons. The Labute approximate surface area is 112 Å². The van der Waals surface area contributed by atoms with Crippen molar-refractivity contribution in [1.82, 2.24) is 0 Å². The van der Waals surface area contributed by atoms with Crippen LogP contribution >= 0.6 is 27.7 Å². The van der Waals surface area contributed by atoms with Crippen molar-refractivity contribution in [1.29, 1.82) is 0 Å². The number of hydrogen-bond donors (Lipinski definition) is 0. The molecule has 0 heterocycles. The summed E-state index contributed by atoms with van der Waals surface area (Å²) < 4.78 is 37.4. The molecule has 1 atom stereocenters. The lowest BCUT2D eigenvalue weighted by atomic mass is 10.2. The van der Waals surface area contributed by atoms with Gasteiger partial charge in [-0.1, -0.05) is 35.3 Å². The average molecular weight is 327 g/mol. The van der Waals surface area contributed by atoms with Gasteiger partial charge in [0.1, 0.15) is 0 Å². The van der Waals surface area contributed by atoms with E-state index in [1.165, 1.54) is 23.9 Å². The third-order valence-corrected chi connectivity index (χ3v) is 4.58. The second-order valence-corrected chi connectivity index (χ2v) is 5.51. The van der Waals surface area contributed by atoms with E-state index >= 15 is 0 Å². The predicted octanol–water partition coefficient (Wildman–Crippen LogP) is 5.22. The molecule has 0 saturated carbocycles. The zero-order valence-electron chi connectivity index (χ0n) is 9.43. The van der Waals surface area contributed by atoms with Crippen molar-refractivity contribution in [3.63, 3.8) is 0 Å². The molecule has 0 aromatic heterocycles. The van der Waals surface area contributed by atoms with Gasteiger partial charge in [-0.2, -0.15) is 13.2 Å². The monoisotopic (exact) mass is 326 g/mol. The fourth-order valence-corrected chi connectivity index (χ4v) is 3.40. The summed E-state index contributed by atoms with van der Waals surface area (Å²) in [6.45, 7) is 2.08. The quantitative estimate of drug-likeness (QED) is 0.528. The summed E-state index contributed by atoms with van der Waals surface area (Å²) in [7, 11) is 0. The normalized spacial score (nSPS) is 13.7. The van der Waals surface area contributed by atoms with Crippen molar-refractivity contribution in [2.45, 2.75) is 24.4 Å². The van der Waals surface area contributed by atoms with E-state index in [-0.39, 0.29) is 0 Å². The Morgan fingerprint density at radius 2 is 2.06 bits per heavy atom. The Morgan fingerprint density at radius 1 is 1.35 bits per heavy atom. The van der Waals surface area contributed by atoms with Gasteiger partial charge in [-0.25, -0.2) is 0 Å². The lowest BCUT2D eigenvalue weighted by Gasteiger charge is -2.12. The van der Waals surface area contributed by atoms with Crippen molar-refractivity contribution >= 4 is 27.7 Å². The van der Waals surface area contributed by atoms with Gasteiger partial charge in [0.05, 0.1) is 5.56 Å². The van der Waals surface area contributed by atoms with E-state index in [0.717, 1.165) is 23.6 Å². The molecule has 0 N–H and O–H groups in total.